The van der Waals surface area contributed by atoms with Crippen LogP contribution in [0, 0.1) is 0 Å². The Morgan fingerprint density at radius 2 is 1.62 bits per heavy atom. The second-order valence-electron chi connectivity index (χ2n) is 4.40. The lowest BCUT2D eigenvalue weighted by atomic mass is 10.3. The van der Waals surface area contributed by atoms with Crippen molar-refractivity contribution in [3.05, 3.63) is 77.4 Å². The average Bonchev–Trinajstić information content (AvgIpc) is 2.52. The SMILES string of the molecule is Brc1ccc(Nc2ccccc2Oc2ccccc2)nc1. The molecule has 0 unspecified atom stereocenters. The molecule has 0 aliphatic carbocycles. The van der Waals surface area contributed by atoms with Gasteiger partial charge in [0.05, 0.1) is 5.69 Å². The molecule has 3 aromatic rings. The van der Waals surface area contributed by atoms with Crippen LogP contribution in [0.25, 0.3) is 0 Å². The minimum atomic E-state index is 0.758. The van der Waals surface area contributed by atoms with Crippen molar-refractivity contribution in [2.45, 2.75) is 0 Å². The van der Waals surface area contributed by atoms with Crippen LogP contribution in [-0.4, -0.2) is 4.98 Å². The average molecular weight is 341 g/mol. The monoisotopic (exact) mass is 340 g/mol. The lowest BCUT2D eigenvalue weighted by Gasteiger charge is -2.12. The summed E-state index contributed by atoms with van der Waals surface area (Å²) in [4.78, 5) is 4.31. The third-order valence-electron chi connectivity index (χ3n) is 2.85. The lowest BCUT2D eigenvalue weighted by Crippen LogP contribution is -1.95. The van der Waals surface area contributed by atoms with Crippen LogP contribution < -0.4 is 10.1 Å². The fourth-order valence-corrected chi connectivity index (χ4v) is 2.10. The number of benzene rings is 2. The van der Waals surface area contributed by atoms with Crippen molar-refractivity contribution in [2.24, 2.45) is 0 Å². The summed E-state index contributed by atoms with van der Waals surface area (Å²) in [6, 6.07) is 21.3. The number of ether oxygens (including phenoxy) is 1. The molecule has 0 fully saturated rings. The first kappa shape index (κ1) is 13.6. The molecule has 0 radical (unpaired) electrons. The van der Waals surface area contributed by atoms with Gasteiger partial charge in [-0.15, -0.1) is 0 Å². The van der Waals surface area contributed by atoms with Gasteiger partial charge in [0.2, 0.25) is 0 Å². The van der Waals surface area contributed by atoms with E-state index in [0.717, 1.165) is 27.5 Å². The van der Waals surface area contributed by atoms with Gasteiger partial charge < -0.3 is 10.1 Å². The van der Waals surface area contributed by atoms with Crippen molar-refractivity contribution in [3.8, 4) is 11.5 Å². The maximum atomic E-state index is 5.91. The lowest BCUT2D eigenvalue weighted by molar-refractivity contribution is 0.485. The van der Waals surface area contributed by atoms with Gasteiger partial charge in [-0.1, -0.05) is 30.3 Å². The number of halogens is 1. The van der Waals surface area contributed by atoms with Gasteiger partial charge in [-0.3, -0.25) is 0 Å². The van der Waals surface area contributed by atoms with E-state index in [-0.39, 0.29) is 0 Å². The molecule has 0 aliphatic heterocycles. The van der Waals surface area contributed by atoms with Crippen LogP contribution in [0.1, 0.15) is 0 Å². The summed E-state index contributed by atoms with van der Waals surface area (Å²) in [5.41, 5.74) is 0.871. The molecule has 0 amide bonds. The van der Waals surface area contributed by atoms with Crippen LogP contribution >= 0.6 is 15.9 Å². The second kappa shape index (κ2) is 6.41. The predicted molar refractivity (Wildman–Crippen MR) is 88.2 cm³/mol. The van der Waals surface area contributed by atoms with Gasteiger partial charge in [0.15, 0.2) is 5.75 Å². The Kier molecular flexibility index (Phi) is 4.17. The molecule has 21 heavy (non-hydrogen) atoms. The molecular weight excluding hydrogens is 328 g/mol. The van der Waals surface area contributed by atoms with Crippen molar-refractivity contribution in [3.63, 3.8) is 0 Å². The first-order chi connectivity index (χ1) is 10.3. The van der Waals surface area contributed by atoms with E-state index in [9.17, 15) is 0 Å². The molecular formula is C17H13BrN2O. The quantitative estimate of drug-likeness (QED) is 0.692. The molecule has 2 aromatic carbocycles. The maximum Gasteiger partial charge on any atom is 0.150 e. The van der Waals surface area contributed by atoms with Gasteiger partial charge in [0, 0.05) is 10.7 Å². The summed E-state index contributed by atoms with van der Waals surface area (Å²) < 4.78 is 6.85. The first-order valence-corrected chi connectivity index (χ1v) is 7.31. The minimum absolute atomic E-state index is 0.758. The minimum Gasteiger partial charge on any atom is -0.455 e. The number of aromatic nitrogens is 1. The van der Waals surface area contributed by atoms with Crippen LogP contribution in [0.5, 0.6) is 11.5 Å². The fraction of sp³-hybridized carbons (Fsp3) is 0. The molecule has 0 aliphatic rings. The molecule has 3 nitrogen and oxygen atoms in total. The standard InChI is InChI=1S/C17H13BrN2O/c18-13-10-11-17(19-12-13)20-15-8-4-5-9-16(15)21-14-6-2-1-3-7-14/h1-12H,(H,19,20). The second-order valence-corrected chi connectivity index (χ2v) is 5.31. The van der Waals surface area contributed by atoms with Crippen LogP contribution in [0.2, 0.25) is 0 Å². The number of anilines is 2. The van der Waals surface area contributed by atoms with Crippen LogP contribution in [0.15, 0.2) is 77.4 Å². The highest BCUT2D eigenvalue weighted by molar-refractivity contribution is 9.10. The summed E-state index contributed by atoms with van der Waals surface area (Å²) in [5.74, 6) is 2.33. The summed E-state index contributed by atoms with van der Waals surface area (Å²) in [7, 11) is 0. The van der Waals surface area contributed by atoms with Crippen molar-refractivity contribution < 1.29 is 4.74 Å². The fourth-order valence-electron chi connectivity index (χ4n) is 1.86. The van der Waals surface area contributed by atoms with Crippen molar-refractivity contribution in [2.75, 3.05) is 5.32 Å². The first-order valence-electron chi connectivity index (χ1n) is 6.52. The van der Waals surface area contributed by atoms with Gasteiger partial charge >= 0.3 is 0 Å². The third-order valence-corrected chi connectivity index (χ3v) is 3.32. The van der Waals surface area contributed by atoms with E-state index in [0.29, 0.717) is 0 Å². The van der Waals surface area contributed by atoms with Crippen molar-refractivity contribution >= 4 is 27.4 Å². The van der Waals surface area contributed by atoms with E-state index in [2.05, 4.69) is 26.2 Å². The van der Waals surface area contributed by atoms with E-state index in [1.165, 1.54) is 0 Å². The van der Waals surface area contributed by atoms with E-state index in [1.54, 1.807) is 6.20 Å². The molecule has 0 atom stereocenters. The van der Waals surface area contributed by atoms with Crippen LogP contribution in [0.4, 0.5) is 11.5 Å². The third kappa shape index (κ3) is 3.61. The molecule has 1 heterocycles. The molecule has 1 aromatic heterocycles. The highest BCUT2D eigenvalue weighted by Crippen LogP contribution is 2.31. The number of hydrogen-bond donors (Lipinski definition) is 1. The van der Waals surface area contributed by atoms with Gasteiger partial charge in [0.1, 0.15) is 11.6 Å². The summed E-state index contributed by atoms with van der Waals surface area (Å²) >= 11 is 3.37. The smallest absolute Gasteiger partial charge is 0.150 e. The molecule has 4 heteroatoms. The van der Waals surface area contributed by atoms with Gasteiger partial charge in [-0.2, -0.15) is 0 Å². The molecule has 3 rings (SSSR count). The Balaban J connectivity index is 1.84. The van der Waals surface area contributed by atoms with Crippen molar-refractivity contribution in [1.29, 1.82) is 0 Å². The highest BCUT2D eigenvalue weighted by atomic mass is 79.9. The molecule has 0 bridgehead atoms. The highest BCUT2D eigenvalue weighted by Gasteiger charge is 2.05. The molecule has 1 N–H and O–H groups in total. The largest absolute Gasteiger partial charge is 0.455 e. The summed E-state index contributed by atoms with van der Waals surface area (Å²) in [6.07, 6.45) is 1.75. The predicted octanol–water partition coefficient (Wildman–Crippen LogP) is 5.38. The number of nitrogens with zero attached hydrogens (tertiary/aromatic N) is 1. The Morgan fingerprint density at radius 1 is 0.857 bits per heavy atom. The van der Waals surface area contributed by atoms with E-state index in [4.69, 9.17) is 4.74 Å². The van der Waals surface area contributed by atoms with Gasteiger partial charge in [-0.05, 0) is 52.3 Å². The van der Waals surface area contributed by atoms with E-state index in [1.807, 2.05) is 66.7 Å². The van der Waals surface area contributed by atoms with E-state index >= 15 is 0 Å². The zero-order valence-electron chi connectivity index (χ0n) is 11.2. The molecule has 104 valence electrons. The van der Waals surface area contributed by atoms with Crippen LogP contribution in [0.3, 0.4) is 0 Å². The number of hydrogen-bond acceptors (Lipinski definition) is 3. The van der Waals surface area contributed by atoms with Crippen molar-refractivity contribution in [1.82, 2.24) is 4.98 Å². The Bertz CT molecular complexity index is 714. The summed E-state index contributed by atoms with van der Waals surface area (Å²) in [6.45, 7) is 0. The van der Waals surface area contributed by atoms with E-state index < -0.39 is 0 Å². The zero-order valence-corrected chi connectivity index (χ0v) is 12.7. The molecule has 0 saturated carbocycles. The molecule has 0 saturated heterocycles. The summed E-state index contributed by atoms with van der Waals surface area (Å²) in [5, 5.41) is 3.26. The Hall–Kier alpha value is -2.33. The van der Waals surface area contributed by atoms with Gasteiger partial charge in [-0.25, -0.2) is 4.98 Å². The Labute approximate surface area is 131 Å². The number of rotatable bonds is 4. The van der Waals surface area contributed by atoms with Crippen LogP contribution in [-0.2, 0) is 0 Å². The molecule has 0 spiro atoms. The topological polar surface area (TPSA) is 34.1 Å². The number of nitrogens with one attached hydrogen (secondary N) is 1. The number of pyridine rings is 1. The maximum absolute atomic E-state index is 5.91. The van der Waals surface area contributed by atoms with Gasteiger partial charge in [0.25, 0.3) is 0 Å². The normalized spacial score (nSPS) is 10.1. The Morgan fingerprint density at radius 3 is 2.38 bits per heavy atom. The zero-order chi connectivity index (χ0) is 14.5. The number of para-hydroxylation sites is 3.